The largest absolute Gasteiger partial charge is 0.367 e. The van der Waals surface area contributed by atoms with Gasteiger partial charge in [-0.05, 0) is 24.3 Å². The third-order valence-corrected chi connectivity index (χ3v) is 3.81. The molecular weight excluding hydrogens is 284 g/mol. The van der Waals surface area contributed by atoms with Gasteiger partial charge in [0.15, 0.2) is 0 Å². The normalized spacial score (nSPS) is 16.1. The van der Waals surface area contributed by atoms with Crippen LogP contribution in [0.4, 0.5) is 5.69 Å². The minimum absolute atomic E-state index is 0.00594. The minimum atomic E-state index is -0.441. The number of rotatable bonds is 6. The average Bonchev–Trinajstić information content (AvgIpc) is 2.42. The van der Waals surface area contributed by atoms with Crippen molar-refractivity contribution in [1.29, 1.82) is 0 Å². The highest BCUT2D eigenvalue weighted by Gasteiger charge is 2.34. The standard InChI is InChI=1S/C15H20N4O3/c1-18(2)10-16-17-15(20)14(11-5-3-6-11)12-7-4-8-13(9-12)19(21)22/h4,7-11,14H,3,5-6H2,1-2H3,(H,17,20)/b16-10-. The van der Waals surface area contributed by atoms with E-state index < -0.39 is 10.8 Å². The number of hydrazone groups is 1. The number of carbonyl (C=O) groups is 1. The van der Waals surface area contributed by atoms with Gasteiger partial charge in [-0.15, -0.1) is 0 Å². The van der Waals surface area contributed by atoms with Crippen LogP contribution in [0.3, 0.4) is 0 Å². The maximum atomic E-state index is 12.4. The van der Waals surface area contributed by atoms with E-state index >= 15 is 0 Å². The number of amides is 1. The Kier molecular flexibility index (Phi) is 5.08. The van der Waals surface area contributed by atoms with Gasteiger partial charge in [-0.3, -0.25) is 14.9 Å². The van der Waals surface area contributed by atoms with Crippen LogP contribution in [0.2, 0.25) is 0 Å². The summed E-state index contributed by atoms with van der Waals surface area (Å²) in [6, 6.07) is 6.31. The number of hydrogen-bond donors (Lipinski definition) is 1. The molecule has 1 aliphatic rings. The summed E-state index contributed by atoms with van der Waals surface area (Å²) < 4.78 is 0. The van der Waals surface area contributed by atoms with Crippen LogP contribution < -0.4 is 5.43 Å². The first-order valence-corrected chi connectivity index (χ1v) is 7.23. The topological polar surface area (TPSA) is 87.8 Å². The van der Waals surface area contributed by atoms with Crippen LogP contribution in [0.1, 0.15) is 30.7 Å². The third kappa shape index (κ3) is 3.81. The Balaban J connectivity index is 2.20. The van der Waals surface area contributed by atoms with Crippen LogP contribution in [0, 0.1) is 16.0 Å². The fraction of sp³-hybridized carbons (Fsp3) is 0.467. The zero-order valence-corrected chi connectivity index (χ0v) is 12.7. The van der Waals surface area contributed by atoms with E-state index in [-0.39, 0.29) is 17.5 Å². The number of nitro groups is 1. The van der Waals surface area contributed by atoms with E-state index in [1.807, 2.05) is 0 Å². The summed E-state index contributed by atoms with van der Waals surface area (Å²) in [6.45, 7) is 0. The lowest BCUT2D eigenvalue weighted by atomic mass is 9.72. The molecule has 7 heteroatoms. The van der Waals surface area contributed by atoms with E-state index in [0.29, 0.717) is 5.56 Å². The number of benzene rings is 1. The molecule has 1 saturated carbocycles. The average molecular weight is 304 g/mol. The molecule has 0 aromatic heterocycles. The molecule has 0 saturated heterocycles. The second-order valence-electron chi connectivity index (χ2n) is 5.70. The molecule has 1 N–H and O–H groups in total. The molecule has 1 aromatic rings. The summed E-state index contributed by atoms with van der Waals surface area (Å²) in [7, 11) is 3.61. The first-order chi connectivity index (χ1) is 10.5. The van der Waals surface area contributed by atoms with Crippen molar-refractivity contribution < 1.29 is 9.72 Å². The molecule has 1 unspecified atom stereocenters. The van der Waals surface area contributed by atoms with Crippen molar-refractivity contribution in [3.63, 3.8) is 0 Å². The Labute approximate surface area is 129 Å². The maximum absolute atomic E-state index is 12.4. The van der Waals surface area contributed by atoms with Crippen molar-refractivity contribution in [3.8, 4) is 0 Å². The predicted octanol–water partition coefficient (Wildman–Crippen LogP) is 2.10. The van der Waals surface area contributed by atoms with Crippen molar-refractivity contribution in [1.82, 2.24) is 10.3 Å². The number of nitrogens with one attached hydrogen (secondary N) is 1. The molecule has 1 aliphatic carbocycles. The number of nitro benzene ring substituents is 1. The van der Waals surface area contributed by atoms with Gasteiger partial charge in [0.25, 0.3) is 5.69 Å². The second-order valence-corrected chi connectivity index (χ2v) is 5.70. The van der Waals surface area contributed by atoms with Gasteiger partial charge in [0.1, 0.15) is 6.34 Å². The number of non-ortho nitro benzene ring substituents is 1. The third-order valence-electron chi connectivity index (χ3n) is 3.81. The van der Waals surface area contributed by atoms with Crippen LogP contribution in [0.15, 0.2) is 29.4 Å². The maximum Gasteiger partial charge on any atom is 0.269 e. The molecule has 0 spiro atoms. The van der Waals surface area contributed by atoms with Gasteiger partial charge in [0.2, 0.25) is 5.91 Å². The number of nitrogens with zero attached hydrogens (tertiary/aromatic N) is 3. The lowest BCUT2D eigenvalue weighted by Gasteiger charge is -2.32. The number of hydrogen-bond acceptors (Lipinski definition) is 4. The molecule has 0 aliphatic heterocycles. The molecule has 22 heavy (non-hydrogen) atoms. The van der Waals surface area contributed by atoms with E-state index in [0.717, 1.165) is 19.3 Å². The smallest absolute Gasteiger partial charge is 0.269 e. The highest BCUT2D eigenvalue weighted by molar-refractivity contribution is 5.84. The zero-order chi connectivity index (χ0) is 16.1. The van der Waals surface area contributed by atoms with Crippen molar-refractivity contribution in [2.75, 3.05) is 14.1 Å². The molecule has 7 nitrogen and oxygen atoms in total. The predicted molar refractivity (Wildman–Crippen MR) is 83.5 cm³/mol. The first-order valence-electron chi connectivity index (χ1n) is 7.23. The van der Waals surface area contributed by atoms with Crippen LogP contribution in [0.5, 0.6) is 0 Å². The fourth-order valence-corrected chi connectivity index (χ4v) is 2.52. The van der Waals surface area contributed by atoms with Crippen molar-refractivity contribution >= 4 is 17.9 Å². The Morgan fingerprint density at radius 1 is 1.50 bits per heavy atom. The lowest BCUT2D eigenvalue weighted by molar-refractivity contribution is -0.384. The molecule has 0 radical (unpaired) electrons. The minimum Gasteiger partial charge on any atom is -0.367 e. The SMILES string of the molecule is CN(C)/C=N\NC(=O)C(c1cccc([N+](=O)[O-])c1)C1CCC1. The van der Waals surface area contributed by atoms with Crippen LogP contribution >= 0.6 is 0 Å². The first kappa shape index (κ1) is 15.9. The molecular formula is C15H20N4O3. The highest BCUT2D eigenvalue weighted by atomic mass is 16.6. The Bertz CT molecular complexity index is 582. The quantitative estimate of drug-likeness (QED) is 0.377. The molecule has 0 heterocycles. The van der Waals surface area contributed by atoms with Gasteiger partial charge in [-0.1, -0.05) is 18.6 Å². The summed E-state index contributed by atoms with van der Waals surface area (Å²) in [5.74, 6) is -0.396. The molecule has 2 rings (SSSR count). The van der Waals surface area contributed by atoms with Gasteiger partial charge in [-0.2, -0.15) is 5.10 Å². The number of carbonyl (C=O) groups excluding carboxylic acids is 1. The second kappa shape index (κ2) is 7.02. The van der Waals surface area contributed by atoms with E-state index in [9.17, 15) is 14.9 Å². The summed E-state index contributed by atoms with van der Waals surface area (Å²) in [4.78, 5) is 24.6. The van der Waals surface area contributed by atoms with Gasteiger partial charge < -0.3 is 4.90 Å². The molecule has 1 aromatic carbocycles. The van der Waals surface area contributed by atoms with E-state index in [1.165, 1.54) is 18.5 Å². The Morgan fingerprint density at radius 3 is 2.77 bits per heavy atom. The van der Waals surface area contributed by atoms with Crippen LogP contribution in [0.25, 0.3) is 0 Å². The lowest BCUT2D eigenvalue weighted by Crippen LogP contribution is -2.34. The summed E-state index contributed by atoms with van der Waals surface area (Å²) in [5, 5.41) is 14.8. The Hall–Kier alpha value is -2.44. The molecule has 118 valence electrons. The van der Waals surface area contributed by atoms with E-state index in [2.05, 4.69) is 10.5 Å². The van der Waals surface area contributed by atoms with Crippen molar-refractivity contribution in [2.45, 2.75) is 25.2 Å². The van der Waals surface area contributed by atoms with Gasteiger partial charge >= 0.3 is 0 Å². The van der Waals surface area contributed by atoms with Crippen molar-refractivity contribution in [2.24, 2.45) is 11.0 Å². The van der Waals surface area contributed by atoms with Crippen LogP contribution in [-0.2, 0) is 4.79 Å². The van der Waals surface area contributed by atoms with Crippen molar-refractivity contribution in [3.05, 3.63) is 39.9 Å². The summed E-state index contributed by atoms with van der Waals surface area (Å²) in [5.41, 5.74) is 3.21. The van der Waals surface area contributed by atoms with Gasteiger partial charge in [0.05, 0.1) is 10.8 Å². The summed E-state index contributed by atoms with van der Waals surface area (Å²) >= 11 is 0. The monoisotopic (exact) mass is 304 g/mol. The van der Waals surface area contributed by atoms with E-state index in [1.54, 1.807) is 31.1 Å². The fourth-order valence-electron chi connectivity index (χ4n) is 2.52. The molecule has 1 fully saturated rings. The highest BCUT2D eigenvalue weighted by Crippen LogP contribution is 2.40. The van der Waals surface area contributed by atoms with Gasteiger partial charge in [0, 0.05) is 26.2 Å². The molecule has 0 bridgehead atoms. The summed E-state index contributed by atoms with van der Waals surface area (Å²) in [6.07, 6.45) is 4.50. The Morgan fingerprint density at radius 2 is 2.23 bits per heavy atom. The van der Waals surface area contributed by atoms with E-state index in [4.69, 9.17) is 0 Å². The molecule has 1 amide bonds. The molecule has 1 atom stereocenters. The van der Waals surface area contributed by atoms with Crippen LogP contribution in [-0.4, -0.2) is 36.2 Å². The van der Waals surface area contributed by atoms with Gasteiger partial charge in [-0.25, -0.2) is 5.43 Å². The zero-order valence-electron chi connectivity index (χ0n) is 12.7.